The van der Waals surface area contributed by atoms with E-state index in [-0.39, 0.29) is 5.97 Å². The van der Waals surface area contributed by atoms with Crippen LogP contribution >= 0.6 is 0 Å². The number of nitrogens with one attached hydrogen (secondary N) is 1. The Labute approximate surface area is 107 Å². The zero-order chi connectivity index (χ0) is 13.0. The fraction of sp³-hybridized carbons (Fsp3) is 0.500. The highest BCUT2D eigenvalue weighted by Gasteiger charge is 2.44. The third kappa shape index (κ3) is 2.40. The Balaban J connectivity index is 2.17. The molecule has 0 bridgehead atoms. The van der Waals surface area contributed by atoms with E-state index in [9.17, 15) is 4.79 Å². The van der Waals surface area contributed by atoms with Crippen LogP contribution in [0.25, 0.3) is 0 Å². The maximum Gasteiger partial charge on any atom is 0.326 e. The van der Waals surface area contributed by atoms with Gasteiger partial charge in [-0.05, 0) is 11.1 Å². The summed E-state index contributed by atoms with van der Waals surface area (Å²) >= 11 is 0. The molecule has 1 aromatic rings. The zero-order valence-electron chi connectivity index (χ0n) is 10.9. The van der Waals surface area contributed by atoms with E-state index in [1.807, 2.05) is 12.1 Å². The predicted molar refractivity (Wildman–Crippen MR) is 68.5 cm³/mol. The highest BCUT2D eigenvalue weighted by atomic mass is 16.5. The molecule has 0 unspecified atom stereocenters. The van der Waals surface area contributed by atoms with E-state index in [1.54, 1.807) is 7.11 Å². The Kier molecular flexibility index (Phi) is 3.99. The van der Waals surface area contributed by atoms with Gasteiger partial charge in [0, 0.05) is 26.5 Å². The van der Waals surface area contributed by atoms with Crippen LogP contribution in [0.3, 0.4) is 0 Å². The SMILES string of the molecule is COCCNC1(C(=O)OC)Cc2ccccc2C1. The van der Waals surface area contributed by atoms with Crippen LogP contribution in [0.5, 0.6) is 0 Å². The maximum absolute atomic E-state index is 12.1. The van der Waals surface area contributed by atoms with E-state index >= 15 is 0 Å². The van der Waals surface area contributed by atoms with Crippen molar-refractivity contribution in [3.05, 3.63) is 35.4 Å². The van der Waals surface area contributed by atoms with Crippen LogP contribution in [-0.4, -0.2) is 38.9 Å². The average molecular weight is 249 g/mol. The number of hydrogen-bond acceptors (Lipinski definition) is 4. The third-order valence-electron chi connectivity index (χ3n) is 3.45. The number of ether oxygens (including phenoxy) is 2. The number of esters is 1. The molecule has 98 valence electrons. The first-order valence-electron chi connectivity index (χ1n) is 6.11. The van der Waals surface area contributed by atoms with Crippen LogP contribution in [0, 0.1) is 0 Å². The summed E-state index contributed by atoms with van der Waals surface area (Å²) in [6, 6.07) is 8.14. The van der Waals surface area contributed by atoms with Gasteiger partial charge in [-0.3, -0.25) is 10.1 Å². The fourth-order valence-electron chi connectivity index (χ4n) is 2.54. The van der Waals surface area contributed by atoms with Gasteiger partial charge in [0.15, 0.2) is 0 Å². The molecule has 1 N–H and O–H groups in total. The molecule has 1 aliphatic rings. The predicted octanol–water partition coefficient (Wildman–Crippen LogP) is 0.933. The first-order chi connectivity index (χ1) is 8.72. The third-order valence-corrected chi connectivity index (χ3v) is 3.45. The smallest absolute Gasteiger partial charge is 0.326 e. The van der Waals surface area contributed by atoms with Gasteiger partial charge in [0.05, 0.1) is 13.7 Å². The van der Waals surface area contributed by atoms with Crippen LogP contribution < -0.4 is 5.32 Å². The molecule has 0 saturated heterocycles. The van der Waals surface area contributed by atoms with Crippen molar-refractivity contribution in [2.45, 2.75) is 18.4 Å². The van der Waals surface area contributed by atoms with Crippen molar-refractivity contribution in [2.24, 2.45) is 0 Å². The van der Waals surface area contributed by atoms with Gasteiger partial charge < -0.3 is 9.47 Å². The summed E-state index contributed by atoms with van der Waals surface area (Å²) in [5.74, 6) is -0.199. The Bertz CT molecular complexity index is 406. The van der Waals surface area contributed by atoms with Gasteiger partial charge in [-0.1, -0.05) is 24.3 Å². The summed E-state index contributed by atoms with van der Waals surface area (Å²) < 4.78 is 9.98. The van der Waals surface area contributed by atoms with Crippen LogP contribution in [0.2, 0.25) is 0 Å². The van der Waals surface area contributed by atoms with E-state index in [0.29, 0.717) is 26.0 Å². The lowest BCUT2D eigenvalue weighted by molar-refractivity contribution is -0.148. The lowest BCUT2D eigenvalue weighted by Gasteiger charge is -2.27. The highest BCUT2D eigenvalue weighted by Crippen LogP contribution is 2.30. The second-order valence-corrected chi connectivity index (χ2v) is 4.62. The van der Waals surface area contributed by atoms with Gasteiger partial charge in [0.25, 0.3) is 0 Å². The molecule has 18 heavy (non-hydrogen) atoms. The van der Waals surface area contributed by atoms with E-state index < -0.39 is 5.54 Å². The van der Waals surface area contributed by atoms with Gasteiger partial charge >= 0.3 is 5.97 Å². The molecule has 2 rings (SSSR count). The Morgan fingerprint density at radius 3 is 2.39 bits per heavy atom. The number of hydrogen-bond donors (Lipinski definition) is 1. The molecular formula is C14H19NO3. The van der Waals surface area contributed by atoms with Crippen LogP contribution in [0.4, 0.5) is 0 Å². The molecule has 0 saturated carbocycles. The molecule has 1 aliphatic carbocycles. The van der Waals surface area contributed by atoms with Crippen molar-refractivity contribution in [1.29, 1.82) is 0 Å². The second-order valence-electron chi connectivity index (χ2n) is 4.62. The van der Waals surface area contributed by atoms with Crippen LogP contribution in [0.15, 0.2) is 24.3 Å². The van der Waals surface area contributed by atoms with Gasteiger partial charge in [0.1, 0.15) is 5.54 Å². The minimum absolute atomic E-state index is 0.199. The molecule has 4 nitrogen and oxygen atoms in total. The molecule has 0 fully saturated rings. The van der Waals surface area contributed by atoms with E-state index in [0.717, 1.165) is 0 Å². The lowest BCUT2D eigenvalue weighted by Crippen LogP contribution is -2.54. The summed E-state index contributed by atoms with van der Waals surface area (Å²) in [6.07, 6.45) is 1.36. The highest BCUT2D eigenvalue weighted by molar-refractivity contribution is 5.83. The number of rotatable bonds is 5. The largest absolute Gasteiger partial charge is 0.468 e. The number of benzene rings is 1. The molecule has 0 aromatic heterocycles. The molecule has 0 spiro atoms. The average Bonchev–Trinajstić information content (AvgIpc) is 2.77. The van der Waals surface area contributed by atoms with Crippen molar-refractivity contribution in [2.75, 3.05) is 27.4 Å². The van der Waals surface area contributed by atoms with Crippen molar-refractivity contribution in [1.82, 2.24) is 5.32 Å². The molecule has 0 radical (unpaired) electrons. The molecule has 0 atom stereocenters. The molecule has 0 amide bonds. The number of methoxy groups -OCH3 is 2. The quantitative estimate of drug-likeness (QED) is 0.623. The van der Waals surface area contributed by atoms with E-state index in [4.69, 9.17) is 9.47 Å². The molecule has 1 aromatic carbocycles. The first-order valence-corrected chi connectivity index (χ1v) is 6.11. The Hall–Kier alpha value is -1.39. The van der Waals surface area contributed by atoms with Gasteiger partial charge in [-0.15, -0.1) is 0 Å². The normalized spacial score (nSPS) is 16.3. The standard InChI is InChI=1S/C14H19NO3/c1-17-8-7-15-14(13(16)18-2)9-11-5-3-4-6-12(11)10-14/h3-6,15H,7-10H2,1-2H3. The van der Waals surface area contributed by atoms with Crippen molar-refractivity contribution in [3.63, 3.8) is 0 Å². The van der Waals surface area contributed by atoms with E-state index in [2.05, 4.69) is 17.4 Å². The lowest BCUT2D eigenvalue weighted by atomic mass is 9.95. The van der Waals surface area contributed by atoms with Gasteiger partial charge in [-0.25, -0.2) is 0 Å². The molecule has 0 aliphatic heterocycles. The summed E-state index contributed by atoms with van der Waals surface area (Å²) in [7, 11) is 3.08. The topological polar surface area (TPSA) is 47.6 Å². The molecular weight excluding hydrogens is 230 g/mol. The minimum Gasteiger partial charge on any atom is -0.468 e. The van der Waals surface area contributed by atoms with Crippen molar-refractivity contribution in [3.8, 4) is 0 Å². The number of fused-ring (bicyclic) bond motifs is 1. The zero-order valence-corrected chi connectivity index (χ0v) is 10.9. The monoisotopic (exact) mass is 249 g/mol. The van der Waals surface area contributed by atoms with Gasteiger partial charge in [-0.2, -0.15) is 0 Å². The Morgan fingerprint density at radius 1 is 1.28 bits per heavy atom. The molecule has 4 heteroatoms. The second kappa shape index (κ2) is 5.50. The fourth-order valence-corrected chi connectivity index (χ4v) is 2.54. The van der Waals surface area contributed by atoms with Crippen molar-refractivity contribution < 1.29 is 14.3 Å². The summed E-state index contributed by atoms with van der Waals surface area (Å²) in [4.78, 5) is 12.1. The maximum atomic E-state index is 12.1. The molecule has 0 heterocycles. The first kappa shape index (κ1) is 13.1. The van der Waals surface area contributed by atoms with E-state index in [1.165, 1.54) is 18.2 Å². The summed E-state index contributed by atoms with van der Waals surface area (Å²) in [5, 5.41) is 3.29. The Morgan fingerprint density at radius 2 is 1.89 bits per heavy atom. The van der Waals surface area contributed by atoms with Gasteiger partial charge in [0.2, 0.25) is 0 Å². The van der Waals surface area contributed by atoms with Crippen LogP contribution in [0.1, 0.15) is 11.1 Å². The summed E-state index contributed by atoms with van der Waals surface area (Å²) in [5.41, 5.74) is 1.80. The number of carbonyl (C=O) groups excluding carboxylic acids is 1. The minimum atomic E-state index is -0.628. The van der Waals surface area contributed by atoms with Crippen molar-refractivity contribution >= 4 is 5.97 Å². The summed E-state index contributed by atoms with van der Waals surface area (Å²) in [6.45, 7) is 1.22. The number of carbonyl (C=O) groups is 1. The van der Waals surface area contributed by atoms with Crippen LogP contribution in [-0.2, 0) is 27.1 Å².